The van der Waals surface area contributed by atoms with Crippen molar-refractivity contribution < 1.29 is 18.7 Å². The van der Waals surface area contributed by atoms with Crippen LogP contribution in [-0.2, 0) is 9.53 Å². The van der Waals surface area contributed by atoms with Crippen LogP contribution in [0.15, 0.2) is 57.6 Å². The van der Waals surface area contributed by atoms with E-state index in [0.29, 0.717) is 15.8 Å². The van der Waals surface area contributed by atoms with Gasteiger partial charge >= 0.3 is 5.97 Å². The summed E-state index contributed by atoms with van der Waals surface area (Å²) >= 11 is 3.36. The number of rotatable bonds is 3. The number of benzene rings is 2. The van der Waals surface area contributed by atoms with Crippen LogP contribution < -0.4 is 4.74 Å². The van der Waals surface area contributed by atoms with Crippen LogP contribution in [-0.4, -0.2) is 19.0 Å². The number of cyclic esters (lactones) is 1. The summed E-state index contributed by atoms with van der Waals surface area (Å²) in [6.07, 6.45) is 1.36. The summed E-state index contributed by atoms with van der Waals surface area (Å²) in [6, 6.07) is 11.3. The monoisotopic (exact) mass is 375 g/mol. The van der Waals surface area contributed by atoms with Gasteiger partial charge in [-0.05, 0) is 46.3 Å². The second-order valence-electron chi connectivity index (χ2n) is 4.71. The molecule has 2 aromatic carbocycles. The minimum Gasteiger partial charge on any atom is -0.496 e. The topological polar surface area (TPSA) is 47.9 Å². The van der Waals surface area contributed by atoms with Crippen LogP contribution in [0.25, 0.3) is 6.08 Å². The molecule has 3 rings (SSSR count). The van der Waals surface area contributed by atoms with Crippen LogP contribution in [0.1, 0.15) is 11.1 Å². The second kappa shape index (κ2) is 6.34. The molecular weight excluding hydrogens is 365 g/mol. The number of hydrogen-bond donors (Lipinski definition) is 0. The molecule has 0 saturated heterocycles. The third kappa shape index (κ3) is 3.17. The van der Waals surface area contributed by atoms with E-state index in [-0.39, 0.29) is 17.2 Å². The fraction of sp³-hybridized carbons (Fsp3) is 0.0588. The third-order valence-electron chi connectivity index (χ3n) is 3.22. The zero-order chi connectivity index (χ0) is 16.4. The standard InChI is InChI=1S/C17H11BrFNO3/c1-22-15-7-6-11(8-12(15)18)16-20-14(17(21)23-16)9-10-4-2-3-5-13(10)19/h2-9H,1H3/b14-9+. The van der Waals surface area contributed by atoms with Crippen LogP contribution in [0.4, 0.5) is 4.39 Å². The molecule has 1 aliphatic heterocycles. The first-order valence-corrected chi connectivity index (χ1v) is 7.49. The Morgan fingerprint density at radius 1 is 1.26 bits per heavy atom. The molecule has 0 atom stereocenters. The number of nitrogens with zero attached hydrogens (tertiary/aromatic N) is 1. The molecule has 4 nitrogen and oxygen atoms in total. The number of hydrogen-bond acceptors (Lipinski definition) is 4. The molecule has 0 amide bonds. The number of carbonyl (C=O) groups excluding carboxylic acids is 1. The lowest BCUT2D eigenvalue weighted by Crippen LogP contribution is -2.05. The Morgan fingerprint density at radius 3 is 2.74 bits per heavy atom. The van der Waals surface area contributed by atoms with Gasteiger partial charge in [0.25, 0.3) is 0 Å². The molecule has 0 spiro atoms. The van der Waals surface area contributed by atoms with E-state index < -0.39 is 11.8 Å². The predicted molar refractivity (Wildman–Crippen MR) is 87.7 cm³/mol. The van der Waals surface area contributed by atoms with Crippen LogP contribution >= 0.6 is 15.9 Å². The first-order chi connectivity index (χ1) is 11.1. The molecule has 6 heteroatoms. The van der Waals surface area contributed by atoms with E-state index in [2.05, 4.69) is 20.9 Å². The van der Waals surface area contributed by atoms with Gasteiger partial charge in [0.2, 0.25) is 5.90 Å². The first-order valence-electron chi connectivity index (χ1n) is 6.69. The van der Waals surface area contributed by atoms with Crippen molar-refractivity contribution in [1.29, 1.82) is 0 Å². The van der Waals surface area contributed by atoms with Gasteiger partial charge < -0.3 is 9.47 Å². The van der Waals surface area contributed by atoms with Gasteiger partial charge in [-0.15, -0.1) is 0 Å². The minimum absolute atomic E-state index is 0.0528. The Morgan fingerprint density at radius 2 is 2.04 bits per heavy atom. The number of aliphatic imine (C=N–C) groups is 1. The van der Waals surface area contributed by atoms with E-state index in [1.54, 1.807) is 43.5 Å². The lowest BCUT2D eigenvalue weighted by molar-refractivity contribution is -0.129. The number of halogens is 2. The molecule has 0 fully saturated rings. The summed E-state index contributed by atoms with van der Waals surface area (Å²) in [6.45, 7) is 0. The van der Waals surface area contributed by atoms with Crippen LogP contribution in [0.3, 0.4) is 0 Å². The fourth-order valence-corrected chi connectivity index (χ4v) is 2.61. The summed E-state index contributed by atoms with van der Waals surface area (Å²) in [5, 5.41) is 0. The Hall–Kier alpha value is -2.47. The van der Waals surface area contributed by atoms with E-state index in [4.69, 9.17) is 9.47 Å². The molecule has 1 aliphatic rings. The molecular formula is C17H11BrFNO3. The fourth-order valence-electron chi connectivity index (χ4n) is 2.07. The van der Waals surface area contributed by atoms with Gasteiger partial charge in [-0.25, -0.2) is 14.2 Å². The predicted octanol–water partition coefficient (Wildman–Crippen LogP) is 3.94. The van der Waals surface area contributed by atoms with E-state index in [9.17, 15) is 9.18 Å². The molecule has 23 heavy (non-hydrogen) atoms. The van der Waals surface area contributed by atoms with Crippen molar-refractivity contribution in [2.75, 3.05) is 7.11 Å². The first kappa shape index (κ1) is 15.4. The third-order valence-corrected chi connectivity index (χ3v) is 3.84. The molecule has 0 aromatic heterocycles. The van der Waals surface area contributed by atoms with E-state index in [1.165, 1.54) is 12.1 Å². The Balaban J connectivity index is 1.96. The number of ether oxygens (including phenoxy) is 2. The number of carbonyl (C=O) groups is 1. The van der Waals surface area contributed by atoms with Crippen molar-refractivity contribution in [1.82, 2.24) is 0 Å². The smallest absolute Gasteiger partial charge is 0.363 e. The highest BCUT2D eigenvalue weighted by Gasteiger charge is 2.25. The second-order valence-corrected chi connectivity index (χ2v) is 5.56. The van der Waals surface area contributed by atoms with Crippen molar-refractivity contribution in [3.63, 3.8) is 0 Å². The SMILES string of the molecule is COc1ccc(C2=N/C(=C/c3ccccc3F)C(=O)O2)cc1Br. The molecule has 0 saturated carbocycles. The van der Waals surface area contributed by atoms with Gasteiger partial charge in [-0.1, -0.05) is 18.2 Å². The number of methoxy groups -OCH3 is 1. The van der Waals surface area contributed by atoms with Gasteiger partial charge in [0, 0.05) is 11.1 Å². The maximum atomic E-state index is 13.7. The summed E-state index contributed by atoms with van der Waals surface area (Å²) in [4.78, 5) is 16.1. The van der Waals surface area contributed by atoms with Crippen molar-refractivity contribution in [3.05, 3.63) is 69.6 Å². The highest BCUT2D eigenvalue weighted by Crippen LogP contribution is 2.28. The summed E-state index contributed by atoms with van der Waals surface area (Å²) in [7, 11) is 1.56. The normalized spacial score (nSPS) is 15.5. The van der Waals surface area contributed by atoms with Crippen LogP contribution in [0, 0.1) is 5.82 Å². The lowest BCUT2D eigenvalue weighted by atomic mass is 10.2. The maximum Gasteiger partial charge on any atom is 0.363 e. The van der Waals surface area contributed by atoms with Crippen LogP contribution in [0.2, 0.25) is 0 Å². The molecule has 116 valence electrons. The summed E-state index contributed by atoms with van der Waals surface area (Å²) < 4.78 is 24.7. The number of esters is 1. The quantitative estimate of drug-likeness (QED) is 0.602. The molecule has 2 aromatic rings. The Bertz CT molecular complexity index is 845. The average Bonchev–Trinajstić information content (AvgIpc) is 2.90. The average molecular weight is 376 g/mol. The maximum absolute atomic E-state index is 13.7. The molecule has 0 bridgehead atoms. The van der Waals surface area contributed by atoms with E-state index >= 15 is 0 Å². The highest BCUT2D eigenvalue weighted by molar-refractivity contribution is 9.10. The van der Waals surface area contributed by atoms with Crippen molar-refractivity contribution in [3.8, 4) is 5.75 Å². The molecule has 0 N–H and O–H groups in total. The summed E-state index contributed by atoms with van der Waals surface area (Å²) in [5.74, 6) is -0.222. The van der Waals surface area contributed by atoms with E-state index in [1.807, 2.05) is 0 Å². The zero-order valence-electron chi connectivity index (χ0n) is 12.0. The van der Waals surface area contributed by atoms with Crippen molar-refractivity contribution >= 4 is 33.9 Å². The summed E-state index contributed by atoms with van der Waals surface area (Å²) in [5.41, 5.74) is 0.945. The van der Waals surface area contributed by atoms with Gasteiger partial charge in [-0.2, -0.15) is 0 Å². The highest BCUT2D eigenvalue weighted by atomic mass is 79.9. The van der Waals surface area contributed by atoms with Crippen LogP contribution in [0.5, 0.6) is 5.75 Å². The molecule has 0 radical (unpaired) electrons. The van der Waals surface area contributed by atoms with Gasteiger partial charge in [0.05, 0.1) is 11.6 Å². The van der Waals surface area contributed by atoms with Gasteiger partial charge in [0.15, 0.2) is 5.70 Å². The van der Waals surface area contributed by atoms with Crippen molar-refractivity contribution in [2.45, 2.75) is 0 Å². The van der Waals surface area contributed by atoms with Gasteiger partial charge in [-0.3, -0.25) is 0 Å². The van der Waals surface area contributed by atoms with Gasteiger partial charge in [0.1, 0.15) is 11.6 Å². The molecule has 0 unspecified atom stereocenters. The largest absolute Gasteiger partial charge is 0.496 e. The zero-order valence-corrected chi connectivity index (χ0v) is 13.6. The van der Waals surface area contributed by atoms with E-state index in [0.717, 1.165) is 0 Å². The molecule has 0 aliphatic carbocycles. The lowest BCUT2D eigenvalue weighted by Gasteiger charge is -2.05. The molecule has 1 heterocycles. The van der Waals surface area contributed by atoms with Crippen molar-refractivity contribution in [2.24, 2.45) is 4.99 Å². The Labute approximate surface area is 140 Å². The Kier molecular flexibility index (Phi) is 4.25. The minimum atomic E-state index is -0.616.